The van der Waals surface area contributed by atoms with Crippen molar-refractivity contribution in [3.63, 3.8) is 0 Å². The Kier molecular flexibility index (Phi) is 10.4. The molecular weight excluding hydrogens is 348 g/mol. The fourth-order valence-electron chi connectivity index (χ4n) is 3.48. The number of carboxylic acids is 1. The second-order valence-electron chi connectivity index (χ2n) is 8.47. The SMILES string of the molecule is CC(C)CCCOC(=O)C1CCC(C(=O)O)CC1C(=O)OCCCC(C)C. The monoisotopic (exact) mass is 384 g/mol. The number of aliphatic carboxylic acids is 1. The second kappa shape index (κ2) is 12.0. The van der Waals surface area contributed by atoms with Gasteiger partial charge in [0.05, 0.1) is 31.0 Å². The standard InChI is InChI=1S/C21H36O6/c1-14(2)7-5-11-26-20(24)17-10-9-16(19(22)23)13-18(17)21(25)27-12-6-8-15(3)4/h14-18H,5-13H2,1-4H3,(H,22,23). The van der Waals surface area contributed by atoms with Crippen LogP contribution in [0, 0.1) is 29.6 Å². The van der Waals surface area contributed by atoms with Crippen LogP contribution in [-0.4, -0.2) is 36.2 Å². The van der Waals surface area contributed by atoms with Crippen LogP contribution in [0.25, 0.3) is 0 Å². The molecule has 6 nitrogen and oxygen atoms in total. The van der Waals surface area contributed by atoms with Crippen molar-refractivity contribution in [2.75, 3.05) is 13.2 Å². The van der Waals surface area contributed by atoms with Gasteiger partial charge in [-0.15, -0.1) is 0 Å². The molecule has 1 aliphatic carbocycles. The molecule has 27 heavy (non-hydrogen) atoms. The molecule has 0 spiro atoms. The quantitative estimate of drug-likeness (QED) is 0.427. The Hall–Kier alpha value is -1.59. The maximum absolute atomic E-state index is 12.5. The van der Waals surface area contributed by atoms with E-state index in [0.717, 1.165) is 25.7 Å². The molecule has 1 saturated carbocycles. The highest BCUT2D eigenvalue weighted by atomic mass is 16.5. The van der Waals surface area contributed by atoms with Crippen molar-refractivity contribution in [2.24, 2.45) is 29.6 Å². The maximum Gasteiger partial charge on any atom is 0.309 e. The van der Waals surface area contributed by atoms with Crippen molar-refractivity contribution in [1.82, 2.24) is 0 Å². The fourth-order valence-corrected chi connectivity index (χ4v) is 3.48. The molecule has 156 valence electrons. The van der Waals surface area contributed by atoms with Crippen molar-refractivity contribution in [1.29, 1.82) is 0 Å². The van der Waals surface area contributed by atoms with Gasteiger partial charge in [0.25, 0.3) is 0 Å². The lowest BCUT2D eigenvalue weighted by molar-refractivity contribution is -0.166. The average Bonchev–Trinajstić information content (AvgIpc) is 2.61. The highest BCUT2D eigenvalue weighted by molar-refractivity contribution is 5.83. The third kappa shape index (κ3) is 8.76. The first kappa shape index (κ1) is 23.4. The summed E-state index contributed by atoms with van der Waals surface area (Å²) in [5.74, 6) is -2.64. The first-order valence-electron chi connectivity index (χ1n) is 10.3. The normalized spacial score (nSPS) is 22.7. The summed E-state index contributed by atoms with van der Waals surface area (Å²) in [5, 5.41) is 9.29. The summed E-state index contributed by atoms with van der Waals surface area (Å²) < 4.78 is 10.7. The second-order valence-corrected chi connectivity index (χ2v) is 8.47. The van der Waals surface area contributed by atoms with E-state index >= 15 is 0 Å². The summed E-state index contributed by atoms with van der Waals surface area (Å²) in [7, 11) is 0. The number of hydrogen-bond donors (Lipinski definition) is 1. The zero-order chi connectivity index (χ0) is 20.4. The van der Waals surface area contributed by atoms with Gasteiger partial charge in [-0.25, -0.2) is 0 Å². The van der Waals surface area contributed by atoms with E-state index in [4.69, 9.17) is 9.47 Å². The van der Waals surface area contributed by atoms with E-state index in [1.165, 1.54) is 0 Å². The van der Waals surface area contributed by atoms with E-state index in [2.05, 4.69) is 27.7 Å². The largest absolute Gasteiger partial charge is 0.481 e. The molecule has 0 saturated heterocycles. The van der Waals surface area contributed by atoms with Crippen molar-refractivity contribution in [3.8, 4) is 0 Å². The molecule has 0 bridgehead atoms. The minimum atomic E-state index is -0.920. The van der Waals surface area contributed by atoms with E-state index < -0.39 is 35.7 Å². The number of carboxylic acid groups (broad SMARTS) is 1. The number of carbonyl (C=O) groups is 3. The maximum atomic E-state index is 12.5. The van der Waals surface area contributed by atoms with Gasteiger partial charge in [-0.2, -0.15) is 0 Å². The number of ether oxygens (including phenoxy) is 2. The molecule has 0 aromatic carbocycles. The van der Waals surface area contributed by atoms with E-state index in [-0.39, 0.29) is 6.42 Å². The lowest BCUT2D eigenvalue weighted by Crippen LogP contribution is -2.39. The Morgan fingerprint density at radius 2 is 1.33 bits per heavy atom. The van der Waals surface area contributed by atoms with Crippen LogP contribution < -0.4 is 0 Å². The zero-order valence-corrected chi connectivity index (χ0v) is 17.2. The van der Waals surface area contributed by atoms with Gasteiger partial charge in [-0.3, -0.25) is 14.4 Å². The Morgan fingerprint density at radius 3 is 1.78 bits per heavy atom. The van der Waals surface area contributed by atoms with Crippen molar-refractivity contribution in [2.45, 2.75) is 72.6 Å². The van der Waals surface area contributed by atoms with Crippen LogP contribution in [0.2, 0.25) is 0 Å². The molecule has 0 aromatic heterocycles. The van der Waals surface area contributed by atoms with Gasteiger partial charge >= 0.3 is 17.9 Å². The van der Waals surface area contributed by atoms with Gasteiger partial charge in [0.1, 0.15) is 0 Å². The van der Waals surface area contributed by atoms with Crippen LogP contribution in [0.5, 0.6) is 0 Å². The molecule has 1 N–H and O–H groups in total. The van der Waals surface area contributed by atoms with Gasteiger partial charge < -0.3 is 14.6 Å². The van der Waals surface area contributed by atoms with Gasteiger partial charge in [0.2, 0.25) is 0 Å². The topological polar surface area (TPSA) is 89.9 Å². The first-order chi connectivity index (χ1) is 12.7. The first-order valence-corrected chi connectivity index (χ1v) is 10.3. The molecule has 3 atom stereocenters. The summed E-state index contributed by atoms with van der Waals surface area (Å²) in [4.78, 5) is 36.3. The number of carbonyl (C=O) groups excluding carboxylic acids is 2. The highest BCUT2D eigenvalue weighted by Crippen LogP contribution is 2.36. The lowest BCUT2D eigenvalue weighted by atomic mass is 9.74. The van der Waals surface area contributed by atoms with E-state index in [0.29, 0.717) is 37.9 Å². The summed E-state index contributed by atoms with van der Waals surface area (Å²) in [6.07, 6.45) is 4.37. The van der Waals surface area contributed by atoms with Crippen LogP contribution in [0.15, 0.2) is 0 Å². The Balaban J connectivity index is 2.62. The zero-order valence-electron chi connectivity index (χ0n) is 17.2. The Morgan fingerprint density at radius 1 is 0.852 bits per heavy atom. The molecule has 6 heteroatoms. The minimum absolute atomic E-state index is 0.143. The molecule has 0 amide bonds. The van der Waals surface area contributed by atoms with Gasteiger partial charge in [-0.05, 0) is 56.8 Å². The third-order valence-electron chi connectivity index (χ3n) is 5.15. The predicted octanol–water partition coefficient (Wildman–Crippen LogP) is 4.06. The van der Waals surface area contributed by atoms with Gasteiger partial charge in [0, 0.05) is 0 Å². The summed E-state index contributed by atoms with van der Waals surface area (Å²) in [6.45, 7) is 9.07. The molecule has 0 heterocycles. The number of rotatable bonds is 11. The van der Waals surface area contributed by atoms with Crippen LogP contribution in [0.1, 0.15) is 72.6 Å². The smallest absolute Gasteiger partial charge is 0.309 e. The summed E-state index contributed by atoms with van der Waals surface area (Å²) in [5.41, 5.74) is 0. The van der Waals surface area contributed by atoms with Gasteiger partial charge in [-0.1, -0.05) is 27.7 Å². The average molecular weight is 385 g/mol. The lowest BCUT2D eigenvalue weighted by Gasteiger charge is -2.31. The predicted molar refractivity (Wildman–Crippen MR) is 102 cm³/mol. The third-order valence-corrected chi connectivity index (χ3v) is 5.15. The van der Waals surface area contributed by atoms with E-state index in [9.17, 15) is 19.5 Å². The summed E-state index contributed by atoms with van der Waals surface area (Å²) >= 11 is 0. The molecular formula is C21H36O6. The molecule has 1 fully saturated rings. The fraction of sp³-hybridized carbons (Fsp3) is 0.857. The van der Waals surface area contributed by atoms with Crippen LogP contribution in [-0.2, 0) is 23.9 Å². The number of hydrogen-bond acceptors (Lipinski definition) is 5. The molecule has 1 rings (SSSR count). The van der Waals surface area contributed by atoms with Crippen LogP contribution in [0.4, 0.5) is 0 Å². The number of esters is 2. The van der Waals surface area contributed by atoms with E-state index in [1.807, 2.05) is 0 Å². The molecule has 0 radical (unpaired) electrons. The molecule has 0 aromatic rings. The molecule has 1 aliphatic rings. The van der Waals surface area contributed by atoms with Crippen molar-refractivity contribution >= 4 is 17.9 Å². The van der Waals surface area contributed by atoms with Crippen LogP contribution >= 0.6 is 0 Å². The van der Waals surface area contributed by atoms with Crippen molar-refractivity contribution in [3.05, 3.63) is 0 Å². The summed E-state index contributed by atoms with van der Waals surface area (Å²) in [6, 6.07) is 0. The highest BCUT2D eigenvalue weighted by Gasteiger charge is 2.43. The minimum Gasteiger partial charge on any atom is -0.481 e. The molecule has 3 unspecified atom stereocenters. The Labute approximate surface area is 163 Å². The Bertz CT molecular complexity index is 485. The van der Waals surface area contributed by atoms with Crippen molar-refractivity contribution < 1.29 is 29.0 Å². The van der Waals surface area contributed by atoms with Crippen LogP contribution in [0.3, 0.4) is 0 Å². The van der Waals surface area contributed by atoms with E-state index in [1.54, 1.807) is 0 Å². The molecule has 0 aliphatic heterocycles. The van der Waals surface area contributed by atoms with Gasteiger partial charge in [0.15, 0.2) is 0 Å².